The van der Waals surface area contributed by atoms with E-state index < -0.39 is 16.0 Å². The van der Waals surface area contributed by atoms with E-state index in [1.54, 1.807) is 4.90 Å². The third kappa shape index (κ3) is 4.96. The zero-order valence-electron chi connectivity index (χ0n) is 19.1. The molecule has 1 amide bonds. The van der Waals surface area contributed by atoms with Gasteiger partial charge in [0.05, 0.1) is 10.5 Å². The van der Waals surface area contributed by atoms with Gasteiger partial charge < -0.3 is 9.64 Å². The maximum absolute atomic E-state index is 13.2. The summed E-state index contributed by atoms with van der Waals surface area (Å²) in [5.41, 5.74) is 2.26. The van der Waals surface area contributed by atoms with Crippen LogP contribution < -0.4 is 0 Å². The Hall–Kier alpha value is -2.71. The Labute approximate surface area is 195 Å². The van der Waals surface area contributed by atoms with E-state index in [0.29, 0.717) is 19.5 Å². The number of carbonyl (C=O) groups is 2. The number of rotatable bonds is 5. The van der Waals surface area contributed by atoms with Crippen LogP contribution in [0, 0.1) is 0 Å². The van der Waals surface area contributed by atoms with E-state index in [-0.39, 0.29) is 35.1 Å². The minimum atomic E-state index is -3.77. The Morgan fingerprint density at radius 2 is 1.70 bits per heavy atom. The molecule has 2 aromatic rings. The summed E-state index contributed by atoms with van der Waals surface area (Å²) < 4.78 is 33.2. The molecule has 2 aromatic carbocycles. The molecule has 33 heavy (non-hydrogen) atoms. The third-order valence-electron chi connectivity index (χ3n) is 6.61. The molecule has 1 saturated heterocycles. The van der Waals surface area contributed by atoms with Crippen molar-refractivity contribution in [1.29, 1.82) is 0 Å². The second kappa shape index (κ2) is 9.65. The highest BCUT2D eigenvalue weighted by Crippen LogP contribution is 2.26. The molecule has 176 valence electrons. The highest BCUT2D eigenvalue weighted by Gasteiger charge is 2.31. The van der Waals surface area contributed by atoms with Gasteiger partial charge in [-0.15, -0.1) is 0 Å². The number of sulfonamides is 1. The van der Waals surface area contributed by atoms with Gasteiger partial charge in [-0.25, -0.2) is 13.2 Å². The van der Waals surface area contributed by atoms with Crippen LogP contribution in [0.4, 0.5) is 0 Å². The van der Waals surface area contributed by atoms with Crippen LogP contribution in [0.5, 0.6) is 0 Å². The summed E-state index contributed by atoms with van der Waals surface area (Å²) in [5.74, 6) is -0.930. The van der Waals surface area contributed by atoms with E-state index in [4.69, 9.17) is 4.74 Å². The van der Waals surface area contributed by atoms with Crippen molar-refractivity contribution in [3.05, 3.63) is 65.2 Å². The van der Waals surface area contributed by atoms with Gasteiger partial charge >= 0.3 is 5.97 Å². The molecule has 0 aromatic heterocycles. The average molecular weight is 471 g/mol. The van der Waals surface area contributed by atoms with E-state index in [0.717, 1.165) is 30.4 Å². The van der Waals surface area contributed by atoms with Crippen LogP contribution in [0.15, 0.2) is 53.4 Å². The molecular weight excluding hydrogens is 440 g/mol. The first-order chi connectivity index (χ1) is 15.8. The lowest BCUT2D eigenvalue weighted by atomic mass is 9.97. The van der Waals surface area contributed by atoms with Crippen molar-refractivity contribution in [3.63, 3.8) is 0 Å². The second-order valence-electron chi connectivity index (χ2n) is 8.89. The topological polar surface area (TPSA) is 84.0 Å². The molecule has 2 heterocycles. The summed E-state index contributed by atoms with van der Waals surface area (Å²) in [6.07, 6.45) is 3.60. The third-order valence-corrected chi connectivity index (χ3v) is 8.45. The van der Waals surface area contributed by atoms with Crippen LogP contribution >= 0.6 is 0 Å². The predicted octanol–water partition coefficient (Wildman–Crippen LogP) is 3.38. The maximum atomic E-state index is 13.2. The molecule has 0 aliphatic carbocycles. The van der Waals surface area contributed by atoms with Crippen molar-refractivity contribution >= 4 is 21.9 Å². The first kappa shape index (κ1) is 23.4. The highest BCUT2D eigenvalue weighted by atomic mass is 32.2. The fourth-order valence-corrected chi connectivity index (χ4v) is 6.27. The molecule has 0 radical (unpaired) electrons. The van der Waals surface area contributed by atoms with Crippen molar-refractivity contribution < 1.29 is 22.7 Å². The van der Waals surface area contributed by atoms with E-state index in [9.17, 15) is 18.0 Å². The van der Waals surface area contributed by atoms with Crippen molar-refractivity contribution in [3.8, 4) is 0 Å². The lowest BCUT2D eigenvalue weighted by Crippen LogP contribution is -2.49. The summed E-state index contributed by atoms with van der Waals surface area (Å²) in [6.45, 7) is 4.33. The van der Waals surface area contributed by atoms with Crippen molar-refractivity contribution in [2.45, 2.75) is 63.1 Å². The SMILES string of the molecule is CC1CCCC(C)N1C(=O)COC(=O)c1cccc(S(=O)(=O)N2CCc3ccccc3C2)c1. The number of carbonyl (C=O) groups excluding carboxylic acids is 2. The summed E-state index contributed by atoms with van der Waals surface area (Å²) in [4.78, 5) is 27.1. The number of fused-ring (bicyclic) bond motifs is 1. The lowest BCUT2D eigenvalue weighted by Gasteiger charge is -2.38. The van der Waals surface area contributed by atoms with Gasteiger partial charge in [0.15, 0.2) is 6.61 Å². The van der Waals surface area contributed by atoms with Crippen molar-refractivity contribution in [2.24, 2.45) is 0 Å². The number of esters is 1. The molecule has 2 aliphatic heterocycles. The van der Waals surface area contributed by atoms with Crippen LogP contribution in [0.2, 0.25) is 0 Å². The van der Waals surface area contributed by atoms with Crippen LogP contribution in [0.1, 0.15) is 54.6 Å². The van der Waals surface area contributed by atoms with Crippen molar-refractivity contribution in [2.75, 3.05) is 13.2 Å². The van der Waals surface area contributed by atoms with Gasteiger partial charge in [-0.1, -0.05) is 30.3 Å². The highest BCUT2D eigenvalue weighted by molar-refractivity contribution is 7.89. The number of benzene rings is 2. The van der Waals surface area contributed by atoms with Gasteiger partial charge in [-0.3, -0.25) is 4.79 Å². The molecule has 0 bridgehead atoms. The van der Waals surface area contributed by atoms with Gasteiger partial charge in [-0.2, -0.15) is 4.31 Å². The summed E-state index contributed by atoms with van der Waals surface area (Å²) in [5, 5.41) is 0. The Morgan fingerprint density at radius 1 is 1.00 bits per heavy atom. The first-order valence-corrected chi connectivity index (χ1v) is 12.9. The largest absolute Gasteiger partial charge is 0.452 e. The van der Waals surface area contributed by atoms with E-state index in [2.05, 4.69) is 0 Å². The predicted molar refractivity (Wildman–Crippen MR) is 124 cm³/mol. The first-order valence-electron chi connectivity index (χ1n) is 11.4. The quantitative estimate of drug-likeness (QED) is 0.626. The molecule has 2 aliphatic rings. The molecule has 1 fully saturated rings. The monoisotopic (exact) mass is 470 g/mol. The summed E-state index contributed by atoms with van der Waals surface area (Å²) in [6, 6.07) is 13.9. The number of nitrogens with zero attached hydrogens (tertiary/aromatic N) is 2. The van der Waals surface area contributed by atoms with Gasteiger partial charge in [-0.05, 0) is 68.9 Å². The molecule has 8 heteroatoms. The minimum absolute atomic E-state index is 0.0425. The Bertz CT molecular complexity index is 1140. The number of amides is 1. The second-order valence-corrected chi connectivity index (χ2v) is 10.8. The van der Waals surface area contributed by atoms with Gasteiger partial charge in [0.1, 0.15) is 0 Å². The summed E-state index contributed by atoms with van der Waals surface area (Å²) >= 11 is 0. The van der Waals surface area contributed by atoms with Gasteiger partial charge in [0.25, 0.3) is 5.91 Å². The number of likely N-dealkylation sites (tertiary alicyclic amines) is 1. The van der Waals surface area contributed by atoms with Crippen molar-refractivity contribution in [1.82, 2.24) is 9.21 Å². The summed E-state index contributed by atoms with van der Waals surface area (Å²) in [7, 11) is -3.77. The van der Waals surface area contributed by atoms with Crippen LogP contribution in [-0.4, -0.2) is 54.7 Å². The Kier molecular flexibility index (Phi) is 6.86. The molecule has 4 rings (SSSR count). The number of piperidine rings is 1. The molecule has 2 atom stereocenters. The number of hydrogen-bond donors (Lipinski definition) is 0. The molecule has 0 saturated carbocycles. The number of hydrogen-bond acceptors (Lipinski definition) is 5. The fourth-order valence-electron chi connectivity index (χ4n) is 4.81. The van der Waals surface area contributed by atoms with Crippen LogP contribution in [0.25, 0.3) is 0 Å². The molecule has 0 N–H and O–H groups in total. The zero-order valence-corrected chi connectivity index (χ0v) is 19.9. The fraction of sp³-hybridized carbons (Fsp3) is 0.440. The normalized spacial score (nSPS) is 21.3. The van der Waals surface area contributed by atoms with Gasteiger partial charge in [0.2, 0.25) is 10.0 Å². The smallest absolute Gasteiger partial charge is 0.338 e. The average Bonchev–Trinajstić information content (AvgIpc) is 2.82. The van der Waals surface area contributed by atoms with Gasteiger partial charge in [0, 0.05) is 25.2 Å². The van der Waals surface area contributed by atoms with Crippen LogP contribution in [0.3, 0.4) is 0 Å². The van der Waals surface area contributed by atoms with Crippen LogP contribution in [-0.2, 0) is 32.5 Å². The minimum Gasteiger partial charge on any atom is -0.452 e. The van der Waals surface area contributed by atoms with E-state index in [1.807, 2.05) is 38.1 Å². The lowest BCUT2D eigenvalue weighted by molar-refractivity contribution is -0.140. The van der Waals surface area contributed by atoms with E-state index >= 15 is 0 Å². The Balaban J connectivity index is 1.44. The van der Waals surface area contributed by atoms with E-state index in [1.165, 1.54) is 28.6 Å². The molecule has 0 spiro atoms. The molecule has 7 nitrogen and oxygen atoms in total. The zero-order chi connectivity index (χ0) is 23.6. The number of ether oxygens (including phenoxy) is 1. The Morgan fingerprint density at radius 3 is 2.42 bits per heavy atom. The maximum Gasteiger partial charge on any atom is 0.338 e. The molecular formula is C25H30N2O5S. The molecule has 2 unspecified atom stereocenters. The standard InChI is InChI=1S/C25H30N2O5S/c1-18-7-5-8-19(2)27(18)24(28)17-32-25(29)21-11-6-12-23(15-21)33(30,31)26-14-13-20-9-3-4-10-22(20)16-26/h3-4,6,9-12,15,18-19H,5,7-8,13-14,16-17H2,1-2H3.